The van der Waals surface area contributed by atoms with Crippen LogP contribution in [0.1, 0.15) is 37.2 Å². The minimum absolute atomic E-state index is 0.0497. The highest BCUT2D eigenvalue weighted by atomic mass is 16.5. The molecule has 1 fully saturated rings. The van der Waals surface area contributed by atoms with Gasteiger partial charge in [0.1, 0.15) is 0 Å². The number of methoxy groups -OCH3 is 1. The number of nitrogens with one attached hydrogen (secondary N) is 1. The molecule has 0 saturated heterocycles. The number of benzene rings is 1. The van der Waals surface area contributed by atoms with Crippen molar-refractivity contribution in [1.29, 1.82) is 5.26 Å². The number of rotatable bonds is 6. The van der Waals surface area contributed by atoms with Crippen LogP contribution in [0.2, 0.25) is 0 Å². The zero-order valence-electron chi connectivity index (χ0n) is 13.8. The Morgan fingerprint density at radius 3 is 2.83 bits per heavy atom. The van der Waals surface area contributed by atoms with E-state index in [0.717, 1.165) is 18.4 Å². The Morgan fingerprint density at radius 1 is 1.46 bits per heavy atom. The van der Waals surface area contributed by atoms with E-state index >= 15 is 0 Å². The molecule has 6 nitrogen and oxygen atoms in total. The Hall–Kier alpha value is -2.86. The number of nitriles is 1. The number of hydrogen-bond donors (Lipinski definition) is 2. The van der Waals surface area contributed by atoms with E-state index in [1.807, 2.05) is 18.2 Å². The molecule has 126 valence electrons. The van der Waals surface area contributed by atoms with Gasteiger partial charge in [-0.15, -0.1) is 6.42 Å². The van der Waals surface area contributed by atoms with Gasteiger partial charge in [-0.2, -0.15) is 5.26 Å². The van der Waals surface area contributed by atoms with Gasteiger partial charge in [-0.25, -0.2) is 0 Å². The third-order valence-electron chi connectivity index (χ3n) is 4.02. The molecule has 0 bridgehead atoms. The van der Waals surface area contributed by atoms with E-state index in [2.05, 4.69) is 16.2 Å². The van der Waals surface area contributed by atoms with Crippen molar-refractivity contribution in [3.63, 3.8) is 0 Å². The van der Waals surface area contributed by atoms with Crippen LogP contribution in [0.3, 0.4) is 0 Å². The molecule has 1 aliphatic rings. The van der Waals surface area contributed by atoms with Gasteiger partial charge in [0.2, 0.25) is 5.96 Å². The van der Waals surface area contributed by atoms with Crippen molar-refractivity contribution in [2.45, 2.75) is 37.7 Å². The molecule has 1 aromatic rings. The van der Waals surface area contributed by atoms with Crippen LogP contribution >= 0.6 is 0 Å². The first kappa shape index (κ1) is 17.5. The first-order chi connectivity index (χ1) is 11.7. The molecule has 0 heterocycles. The lowest BCUT2D eigenvalue weighted by molar-refractivity contribution is 0.200. The van der Waals surface area contributed by atoms with Gasteiger partial charge in [0, 0.05) is 0 Å². The fraction of sp³-hybridized carbons (Fsp3) is 0.444. The SMILES string of the molecule is C#CC(CN=C(N)NC#N)c1ccc(OC)c(OC2CCCC2)c1. The lowest BCUT2D eigenvalue weighted by atomic mass is 9.99. The van der Waals surface area contributed by atoms with Crippen LogP contribution in [0.5, 0.6) is 11.5 Å². The molecule has 2 rings (SSSR count). The summed E-state index contributed by atoms with van der Waals surface area (Å²) in [6, 6.07) is 5.66. The molecule has 6 heteroatoms. The molecular formula is C18H22N4O2. The topological polar surface area (TPSA) is 92.7 Å². The van der Waals surface area contributed by atoms with Crippen molar-refractivity contribution < 1.29 is 9.47 Å². The summed E-state index contributed by atoms with van der Waals surface area (Å²) < 4.78 is 11.5. The number of terminal acetylenes is 1. The molecule has 0 radical (unpaired) electrons. The number of ether oxygens (including phenoxy) is 2. The van der Waals surface area contributed by atoms with E-state index < -0.39 is 0 Å². The summed E-state index contributed by atoms with van der Waals surface area (Å²) >= 11 is 0. The second-order valence-electron chi connectivity index (χ2n) is 5.62. The maximum Gasteiger partial charge on any atom is 0.202 e. The summed E-state index contributed by atoms with van der Waals surface area (Å²) in [6.07, 6.45) is 12.1. The molecule has 1 atom stereocenters. The average Bonchev–Trinajstić information content (AvgIpc) is 3.09. The van der Waals surface area contributed by atoms with Crippen molar-refractivity contribution in [2.75, 3.05) is 13.7 Å². The molecule has 1 saturated carbocycles. The Balaban J connectivity index is 2.17. The summed E-state index contributed by atoms with van der Waals surface area (Å²) in [5.41, 5.74) is 6.46. The van der Waals surface area contributed by atoms with E-state index in [1.165, 1.54) is 12.8 Å². The second kappa shape index (κ2) is 8.69. The van der Waals surface area contributed by atoms with Crippen LogP contribution < -0.4 is 20.5 Å². The highest BCUT2D eigenvalue weighted by Crippen LogP contribution is 2.34. The standard InChI is InChI=1S/C18H22N4O2/c1-3-13(11-21-18(20)22-12-19)14-8-9-16(23-2)17(10-14)24-15-6-4-5-7-15/h1,8-10,13,15H,4-7,11H2,2H3,(H3,20,21,22). The second-order valence-corrected chi connectivity index (χ2v) is 5.62. The van der Waals surface area contributed by atoms with Gasteiger partial charge < -0.3 is 15.2 Å². The Bertz CT molecular complexity index is 667. The maximum absolute atomic E-state index is 8.51. The van der Waals surface area contributed by atoms with Crippen molar-refractivity contribution in [1.82, 2.24) is 5.32 Å². The molecule has 0 amide bonds. The minimum Gasteiger partial charge on any atom is -0.493 e. The zero-order chi connectivity index (χ0) is 17.4. The third kappa shape index (κ3) is 4.57. The fourth-order valence-corrected chi connectivity index (χ4v) is 2.73. The summed E-state index contributed by atoms with van der Waals surface area (Å²) in [7, 11) is 1.62. The Labute approximate surface area is 142 Å². The van der Waals surface area contributed by atoms with Crippen molar-refractivity contribution in [3.8, 4) is 30.0 Å². The minimum atomic E-state index is -0.263. The monoisotopic (exact) mass is 326 g/mol. The average molecular weight is 326 g/mol. The van der Waals surface area contributed by atoms with Gasteiger partial charge in [0.05, 0.1) is 25.7 Å². The fourth-order valence-electron chi connectivity index (χ4n) is 2.73. The molecular weight excluding hydrogens is 304 g/mol. The first-order valence-electron chi connectivity index (χ1n) is 7.93. The van der Waals surface area contributed by atoms with Crippen LogP contribution in [0.4, 0.5) is 0 Å². The number of hydrogen-bond acceptors (Lipinski definition) is 4. The number of nitrogens with two attached hydrogens (primary N) is 1. The Kier molecular flexibility index (Phi) is 6.33. The molecule has 1 aliphatic carbocycles. The molecule has 1 aromatic carbocycles. The number of aliphatic imine (C=N–C) groups is 1. The molecule has 0 spiro atoms. The van der Waals surface area contributed by atoms with E-state index in [9.17, 15) is 0 Å². The van der Waals surface area contributed by atoms with Gasteiger partial charge in [0.15, 0.2) is 17.7 Å². The van der Waals surface area contributed by atoms with E-state index in [4.69, 9.17) is 26.9 Å². The highest BCUT2D eigenvalue weighted by molar-refractivity contribution is 5.79. The number of guanidine groups is 1. The van der Waals surface area contributed by atoms with Crippen LogP contribution in [0.25, 0.3) is 0 Å². The summed E-state index contributed by atoms with van der Waals surface area (Å²) in [5, 5.41) is 10.8. The predicted octanol–water partition coefficient (Wildman–Crippen LogP) is 2.12. The largest absolute Gasteiger partial charge is 0.493 e. The van der Waals surface area contributed by atoms with Gasteiger partial charge >= 0.3 is 0 Å². The van der Waals surface area contributed by atoms with Gasteiger partial charge in [0.25, 0.3) is 0 Å². The summed E-state index contributed by atoms with van der Waals surface area (Å²) in [5.74, 6) is 3.88. The predicted molar refractivity (Wildman–Crippen MR) is 92.7 cm³/mol. The number of nitrogens with zero attached hydrogens (tertiary/aromatic N) is 2. The smallest absolute Gasteiger partial charge is 0.202 e. The highest BCUT2D eigenvalue weighted by Gasteiger charge is 2.19. The van der Waals surface area contributed by atoms with E-state index in [0.29, 0.717) is 11.5 Å². The van der Waals surface area contributed by atoms with Crippen molar-refractivity contribution >= 4 is 5.96 Å². The van der Waals surface area contributed by atoms with Gasteiger partial charge in [-0.3, -0.25) is 10.3 Å². The van der Waals surface area contributed by atoms with Gasteiger partial charge in [-0.1, -0.05) is 12.0 Å². The van der Waals surface area contributed by atoms with Crippen LogP contribution in [0, 0.1) is 23.8 Å². The third-order valence-corrected chi connectivity index (χ3v) is 4.02. The van der Waals surface area contributed by atoms with Crippen LogP contribution in [-0.4, -0.2) is 25.7 Å². The normalized spacial score (nSPS) is 16.0. The maximum atomic E-state index is 8.51. The lowest BCUT2D eigenvalue weighted by Crippen LogP contribution is -2.28. The van der Waals surface area contributed by atoms with Crippen LogP contribution in [-0.2, 0) is 0 Å². The van der Waals surface area contributed by atoms with Gasteiger partial charge in [-0.05, 0) is 43.4 Å². The molecule has 3 N–H and O–H groups in total. The molecule has 0 aliphatic heterocycles. The lowest BCUT2D eigenvalue weighted by Gasteiger charge is -2.18. The van der Waals surface area contributed by atoms with E-state index in [-0.39, 0.29) is 24.5 Å². The molecule has 0 aromatic heterocycles. The van der Waals surface area contributed by atoms with Crippen LogP contribution in [0.15, 0.2) is 23.2 Å². The van der Waals surface area contributed by atoms with Crippen molar-refractivity contribution in [3.05, 3.63) is 23.8 Å². The quantitative estimate of drug-likeness (QED) is 0.275. The summed E-state index contributed by atoms with van der Waals surface area (Å²) in [4.78, 5) is 4.08. The zero-order valence-corrected chi connectivity index (χ0v) is 13.8. The first-order valence-corrected chi connectivity index (χ1v) is 7.93. The molecule has 24 heavy (non-hydrogen) atoms. The Morgan fingerprint density at radius 2 is 2.21 bits per heavy atom. The summed E-state index contributed by atoms with van der Waals surface area (Å²) in [6.45, 7) is 0.284. The van der Waals surface area contributed by atoms with Crippen molar-refractivity contribution in [2.24, 2.45) is 10.7 Å². The molecule has 1 unspecified atom stereocenters. The van der Waals surface area contributed by atoms with E-state index in [1.54, 1.807) is 13.3 Å².